The van der Waals surface area contributed by atoms with Crippen LogP contribution in [-0.2, 0) is 16.1 Å². The molecule has 0 spiro atoms. The molecule has 0 heterocycles. The van der Waals surface area contributed by atoms with E-state index in [1.165, 1.54) is 7.11 Å². The van der Waals surface area contributed by atoms with Crippen LogP contribution in [0.3, 0.4) is 0 Å². The first kappa shape index (κ1) is 18.8. The predicted molar refractivity (Wildman–Crippen MR) is 87.2 cm³/mol. The fraction of sp³-hybridized carbons (Fsp3) is 0.500. The number of hydrogen-bond acceptors (Lipinski definition) is 5. The molecule has 0 radical (unpaired) electrons. The van der Waals surface area contributed by atoms with Gasteiger partial charge in [-0.05, 0) is 12.0 Å². The van der Waals surface area contributed by atoms with Gasteiger partial charge in [-0.3, -0.25) is 9.59 Å². The lowest BCUT2D eigenvalue weighted by Gasteiger charge is -2.16. The zero-order chi connectivity index (χ0) is 17.4. The maximum absolute atomic E-state index is 11.8. The largest absolute Gasteiger partial charge is 0.493 e. The highest BCUT2D eigenvalue weighted by Crippen LogP contribution is 2.30. The molecule has 4 N–H and O–H groups in total. The molecule has 0 aromatic heterocycles. The Morgan fingerprint density at radius 2 is 1.87 bits per heavy atom. The molecule has 0 saturated heterocycles. The third-order valence-electron chi connectivity index (χ3n) is 3.40. The van der Waals surface area contributed by atoms with Gasteiger partial charge in [0.2, 0.25) is 11.8 Å². The standard InChI is InChI=1S/C16H25N3O4/c1-10(2)14(17)16(21)19-9-13(20)18-8-11-6-5-7-12(22-3)15(11)23-4/h5-7,10,14H,8-9,17H2,1-4H3,(H,18,20)(H,19,21)/t14-/m0/s1. The molecular weight excluding hydrogens is 298 g/mol. The minimum Gasteiger partial charge on any atom is -0.493 e. The SMILES string of the molecule is COc1cccc(CNC(=O)CNC(=O)[C@@H](N)C(C)C)c1OC. The van der Waals surface area contributed by atoms with Gasteiger partial charge in [0, 0.05) is 12.1 Å². The van der Waals surface area contributed by atoms with Crippen molar-refractivity contribution in [1.29, 1.82) is 0 Å². The maximum Gasteiger partial charge on any atom is 0.239 e. The van der Waals surface area contributed by atoms with E-state index in [0.717, 1.165) is 5.56 Å². The minimum atomic E-state index is -0.624. The lowest BCUT2D eigenvalue weighted by molar-refractivity contribution is -0.127. The summed E-state index contributed by atoms with van der Waals surface area (Å²) in [6.07, 6.45) is 0. The van der Waals surface area contributed by atoms with Crippen molar-refractivity contribution >= 4 is 11.8 Å². The van der Waals surface area contributed by atoms with E-state index >= 15 is 0 Å². The summed E-state index contributed by atoms with van der Waals surface area (Å²) in [6, 6.07) is 4.79. The van der Waals surface area contributed by atoms with Crippen LogP contribution in [0, 0.1) is 5.92 Å². The topological polar surface area (TPSA) is 103 Å². The molecule has 0 aliphatic rings. The van der Waals surface area contributed by atoms with E-state index in [2.05, 4.69) is 10.6 Å². The van der Waals surface area contributed by atoms with Crippen molar-refractivity contribution in [2.24, 2.45) is 11.7 Å². The Hall–Kier alpha value is -2.28. The normalized spacial score (nSPS) is 11.7. The minimum absolute atomic E-state index is 0.0131. The Morgan fingerprint density at radius 1 is 1.17 bits per heavy atom. The molecule has 2 amide bonds. The number of ether oxygens (including phenoxy) is 2. The van der Waals surface area contributed by atoms with Crippen molar-refractivity contribution in [1.82, 2.24) is 10.6 Å². The molecule has 7 heteroatoms. The summed E-state index contributed by atoms with van der Waals surface area (Å²) in [5, 5.41) is 5.24. The number of benzene rings is 1. The van der Waals surface area contributed by atoms with Crippen molar-refractivity contribution in [2.75, 3.05) is 20.8 Å². The van der Waals surface area contributed by atoms with Crippen LogP contribution in [0.5, 0.6) is 11.5 Å². The van der Waals surface area contributed by atoms with Crippen LogP contribution < -0.4 is 25.8 Å². The van der Waals surface area contributed by atoms with Gasteiger partial charge in [-0.15, -0.1) is 0 Å². The quantitative estimate of drug-likeness (QED) is 0.643. The van der Waals surface area contributed by atoms with Crippen LogP contribution in [-0.4, -0.2) is 38.6 Å². The molecule has 128 valence electrons. The number of amides is 2. The Kier molecular flexibility index (Phi) is 7.34. The highest BCUT2D eigenvalue weighted by atomic mass is 16.5. The number of rotatable bonds is 8. The fourth-order valence-corrected chi connectivity index (χ4v) is 1.94. The average Bonchev–Trinajstić information content (AvgIpc) is 2.56. The number of carbonyl (C=O) groups is 2. The Labute approximate surface area is 136 Å². The Morgan fingerprint density at radius 3 is 2.43 bits per heavy atom. The second-order valence-electron chi connectivity index (χ2n) is 5.42. The second kappa shape index (κ2) is 8.99. The van der Waals surface area contributed by atoms with Crippen molar-refractivity contribution in [3.05, 3.63) is 23.8 Å². The summed E-state index contributed by atoms with van der Waals surface area (Å²) in [5.74, 6) is 0.532. The molecule has 1 atom stereocenters. The van der Waals surface area contributed by atoms with E-state index in [9.17, 15) is 9.59 Å². The van der Waals surface area contributed by atoms with Crippen molar-refractivity contribution < 1.29 is 19.1 Å². The van der Waals surface area contributed by atoms with Crippen LogP contribution in [0.1, 0.15) is 19.4 Å². The van der Waals surface area contributed by atoms with Gasteiger partial charge in [-0.25, -0.2) is 0 Å². The molecule has 1 rings (SSSR count). The molecule has 0 aliphatic carbocycles. The Balaban J connectivity index is 2.53. The molecule has 0 saturated carbocycles. The van der Waals surface area contributed by atoms with Crippen molar-refractivity contribution in [3.63, 3.8) is 0 Å². The van der Waals surface area contributed by atoms with Crippen molar-refractivity contribution in [3.8, 4) is 11.5 Å². The summed E-state index contributed by atoms with van der Waals surface area (Å²) in [4.78, 5) is 23.5. The van der Waals surface area contributed by atoms with Gasteiger partial charge in [-0.1, -0.05) is 26.0 Å². The highest BCUT2D eigenvalue weighted by molar-refractivity contribution is 5.87. The first-order valence-corrected chi connectivity index (χ1v) is 7.40. The van der Waals surface area contributed by atoms with Gasteiger partial charge < -0.3 is 25.8 Å². The number of carbonyl (C=O) groups excluding carboxylic acids is 2. The molecule has 1 aromatic carbocycles. The first-order chi connectivity index (χ1) is 10.9. The third-order valence-corrected chi connectivity index (χ3v) is 3.40. The molecular formula is C16H25N3O4. The number of methoxy groups -OCH3 is 2. The molecule has 23 heavy (non-hydrogen) atoms. The second-order valence-corrected chi connectivity index (χ2v) is 5.42. The van der Waals surface area contributed by atoms with Crippen LogP contribution >= 0.6 is 0 Å². The molecule has 0 unspecified atom stereocenters. The van der Waals surface area contributed by atoms with E-state index in [1.54, 1.807) is 13.2 Å². The number of para-hydroxylation sites is 1. The summed E-state index contributed by atoms with van der Waals surface area (Å²) in [6.45, 7) is 3.84. The first-order valence-electron chi connectivity index (χ1n) is 7.40. The van der Waals surface area contributed by atoms with Gasteiger partial charge in [0.25, 0.3) is 0 Å². The van der Waals surface area contributed by atoms with Gasteiger partial charge in [0.1, 0.15) is 0 Å². The van der Waals surface area contributed by atoms with Gasteiger partial charge in [0.05, 0.1) is 26.8 Å². The average molecular weight is 323 g/mol. The third kappa shape index (κ3) is 5.45. The summed E-state index contributed by atoms with van der Waals surface area (Å²) < 4.78 is 10.5. The number of nitrogens with two attached hydrogens (primary N) is 1. The lowest BCUT2D eigenvalue weighted by atomic mass is 10.1. The van der Waals surface area contributed by atoms with E-state index in [1.807, 2.05) is 26.0 Å². The van der Waals surface area contributed by atoms with Crippen LogP contribution in [0.25, 0.3) is 0 Å². The molecule has 0 bridgehead atoms. The maximum atomic E-state index is 11.8. The van der Waals surface area contributed by atoms with E-state index in [4.69, 9.17) is 15.2 Å². The van der Waals surface area contributed by atoms with Crippen LogP contribution in [0.15, 0.2) is 18.2 Å². The van der Waals surface area contributed by atoms with E-state index in [-0.39, 0.29) is 30.8 Å². The highest BCUT2D eigenvalue weighted by Gasteiger charge is 2.17. The summed E-state index contributed by atoms with van der Waals surface area (Å²) in [7, 11) is 3.09. The summed E-state index contributed by atoms with van der Waals surface area (Å²) >= 11 is 0. The predicted octanol–water partition coefficient (Wildman–Crippen LogP) is 0.420. The van der Waals surface area contributed by atoms with Crippen LogP contribution in [0.2, 0.25) is 0 Å². The summed E-state index contributed by atoms with van der Waals surface area (Å²) in [5.41, 5.74) is 6.49. The lowest BCUT2D eigenvalue weighted by Crippen LogP contribution is -2.47. The van der Waals surface area contributed by atoms with Crippen LogP contribution in [0.4, 0.5) is 0 Å². The van der Waals surface area contributed by atoms with Gasteiger partial charge in [-0.2, -0.15) is 0 Å². The molecule has 7 nitrogen and oxygen atoms in total. The Bertz CT molecular complexity index is 546. The van der Waals surface area contributed by atoms with Gasteiger partial charge in [0.15, 0.2) is 11.5 Å². The zero-order valence-electron chi connectivity index (χ0n) is 14.0. The van der Waals surface area contributed by atoms with E-state index in [0.29, 0.717) is 11.5 Å². The number of hydrogen-bond donors (Lipinski definition) is 3. The smallest absolute Gasteiger partial charge is 0.239 e. The number of nitrogens with one attached hydrogen (secondary N) is 2. The van der Waals surface area contributed by atoms with Gasteiger partial charge >= 0.3 is 0 Å². The molecule has 0 fully saturated rings. The van der Waals surface area contributed by atoms with E-state index < -0.39 is 6.04 Å². The zero-order valence-corrected chi connectivity index (χ0v) is 14.0. The monoisotopic (exact) mass is 323 g/mol. The fourth-order valence-electron chi connectivity index (χ4n) is 1.94. The molecule has 1 aromatic rings. The van der Waals surface area contributed by atoms with Crippen molar-refractivity contribution in [2.45, 2.75) is 26.4 Å². The molecule has 0 aliphatic heterocycles.